The molecule has 0 saturated carbocycles. The first-order valence-electron chi connectivity index (χ1n) is 8.11. The fourth-order valence-electron chi connectivity index (χ4n) is 2.90. The summed E-state index contributed by atoms with van der Waals surface area (Å²) >= 11 is 0. The van der Waals surface area contributed by atoms with Gasteiger partial charge in [-0.3, -0.25) is 14.9 Å². The molecule has 0 aliphatic carbocycles. The second-order valence-electron chi connectivity index (χ2n) is 6.53. The SMILES string of the molecule is CS(=O)(=O)c1ccc(C(=O)NCC2CCN(S(C)(=O)=O)CC2)cc1[N+](=O)[O-]. The third-order valence-electron chi connectivity index (χ3n) is 4.41. The van der Waals surface area contributed by atoms with Crippen molar-refractivity contribution in [3.05, 3.63) is 33.9 Å². The first-order valence-corrected chi connectivity index (χ1v) is 11.9. The van der Waals surface area contributed by atoms with E-state index in [1.807, 2.05) is 0 Å². The maximum atomic E-state index is 12.3. The maximum Gasteiger partial charge on any atom is 0.288 e. The van der Waals surface area contributed by atoms with Crippen LogP contribution in [0.1, 0.15) is 23.2 Å². The summed E-state index contributed by atoms with van der Waals surface area (Å²) in [6, 6.07) is 3.22. The number of sulfone groups is 1. The number of hydrogen-bond donors (Lipinski definition) is 1. The number of nitro benzene ring substituents is 1. The van der Waals surface area contributed by atoms with E-state index in [9.17, 15) is 31.7 Å². The van der Waals surface area contributed by atoms with E-state index in [2.05, 4.69) is 5.32 Å². The third kappa shape index (κ3) is 5.47. The van der Waals surface area contributed by atoms with E-state index >= 15 is 0 Å². The normalized spacial score (nSPS) is 16.8. The average Bonchev–Trinajstić information content (AvgIpc) is 2.57. The molecule has 1 aliphatic rings. The first-order chi connectivity index (χ1) is 12.4. The van der Waals surface area contributed by atoms with E-state index in [1.165, 1.54) is 10.4 Å². The number of nitrogens with zero attached hydrogens (tertiary/aromatic N) is 2. The molecule has 1 heterocycles. The third-order valence-corrected chi connectivity index (χ3v) is 6.86. The lowest BCUT2D eigenvalue weighted by molar-refractivity contribution is -0.387. The zero-order valence-electron chi connectivity index (χ0n) is 14.9. The van der Waals surface area contributed by atoms with Crippen molar-refractivity contribution >= 4 is 31.5 Å². The zero-order valence-corrected chi connectivity index (χ0v) is 16.5. The van der Waals surface area contributed by atoms with Gasteiger partial charge >= 0.3 is 0 Å². The van der Waals surface area contributed by atoms with Crippen LogP contribution in [0.4, 0.5) is 5.69 Å². The Morgan fingerprint density at radius 1 is 1.22 bits per heavy atom. The van der Waals surface area contributed by atoms with Crippen LogP contribution >= 0.6 is 0 Å². The smallest absolute Gasteiger partial charge is 0.288 e. The van der Waals surface area contributed by atoms with Gasteiger partial charge in [0.25, 0.3) is 11.6 Å². The molecular weight excluding hydrogens is 398 g/mol. The molecule has 1 aliphatic heterocycles. The number of benzene rings is 1. The highest BCUT2D eigenvalue weighted by Gasteiger charge is 2.26. The van der Waals surface area contributed by atoms with E-state index in [4.69, 9.17) is 0 Å². The summed E-state index contributed by atoms with van der Waals surface area (Å²) in [4.78, 5) is 22.1. The minimum absolute atomic E-state index is 0.0114. The topological polar surface area (TPSA) is 144 Å². The van der Waals surface area contributed by atoms with Crippen molar-refractivity contribution in [3.63, 3.8) is 0 Å². The molecule has 0 atom stereocenters. The summed E-state index contributed by atoms with van der Waals surface area (Å²) in [6.45, 7) is 1.07. The lowest BCUT2D eigenvalue weighted by Crippen LogP contribution is -2.41. The van der Waals surface area contributed by atoms with E-state index in [1.54, 1.807) is 0 Å². The molecule has 0 spiro atoms. The molecule has 1 N–H and O–H groups in total. The molecule has 10 nitrogen and oxygen atoms in total. The molecule has 2 rings (SSSR count). The average molecular weight is 419 g/mol. The van der Waals surface area contributed by atoms with Crippen LogP contribution in [0.3, 0.4) is 0 Å². The molecule has 0 bridgehead atoms. The van der Waals surface area contributed by atoms with Crippen LogP contribution in [0, 0.1) is 16.0 Å². The van der Waals surface area contributed by atoms with Crippen LogP contribution in [0.2, 0.25) is 0 Å². The van der Waals surface area contributed by atoms with Gasteiger partial charge in [0.05, 0.1) is 11.2 Å². The van der Waals surface area contributed by atoms with Crippen LogP contribution in [-0.4, -0.2) is 64.1 Å². The second kappa shape index (κ2) is 7.90. The summed E-state index contributed by atoms with van der Waals surface area (Å²) in [6.07, 6.45) is 3.21. The monoisotopic (exact) mass is 419 g/mol. The van der Waals surface area contributed by atoms with Gasteiger partial charge in [0.1, 0.15) is 4.90 Å². The number of nitrogens with one attached hydrogen (secondary N) is 1. The van der Waals surface area contributed by atoms with Crippen LogP contribution in [0.5, 0.6) is 0 Å². The highest BCUT2D eigenvalue weighted by molar-refractivity contribution is 7.90. The molecule has 1 saturated heterocycles. The number of rotatable bonds is 6. The van der Waals surface area contributed by atoms with Gasteiger partial charge in [-0.2, -0.15) is 0 Å². The highest BCUT2D eigenvalue weighted by Crippen LogP contribution is 2.25. The number of carbonyl (C=O) groups excluding carboxylic acids is 1. The first kappa shape index (κ1) is 21.3. The number of amides is 1. The molecule has 150 valence electrons. The van der Waals surface area contributed by atoms with Gasteiger partial charge in [-0.1, -0.05) is 0 Å². The molecule has 1 fully saturated rings. The summed E-state index contributed by atoms with van der Waals surface area (Å²) in [5, 5.41) is 13.8. The highest BCUT2D eigenvalue weighted by atomic mass is 32.2. The Balaban J connectivity index is 2.03. The molecule has 27 heavy (non-hydrogen) atoms. The van der Waals surface area contributed by atoms with Crippen LogP contribution in [-0.2, 0) is 19.9 Å². The molecule has 0 aromatic heterocycles. The van der Waals surface area contributed by atoms with Crippen molar-refractivity contribution in [1.82, 2.24) is 9.62 Å². The summed E-state index contributed by atoms with van der Waals surface area (Å²) in [7, 11) is -7.01. The fraction of sp³-hybridized carbons (Fsp3) is 0.533. The summed E-state index contributed by atoms with van der Waals surface area (Å²) in [5.74, 6) is -0.457. The van der Waals surface area contributed by atoms with E-state index in [-0.39, 0.29) is 11.5 Å². The van der Waals surface area contributed by atoms with Crippen molar-refractivity contribution < 1.29 is 26.6 Å². The lowest BCUT2D eigenvalue weighted by Gasteiger charge is -2.30. The van der Waals surface area contributed by atoms with Crippen LogP contribution in [0.15, 0.2) is 23.1 Å². The van der Waals surface area contributed by atoms with Gasteiger partial charge in [-0.15, -0.1) is 0 Å². The van der Waals surface area contributed by atoms with Gasteiger partial charge in [-0.25, -0.2) is 21.1 Å². The predicted molar refractivity (Wildman–Crippen MR) is 97.7 cm³/mol. The fourth-order valence-corrected chi connectivity index (χ4v) is 4.60. The quantitative estimate of drug-likeness (QED) is 0.519. The Morgan fingerprint density at radius 2 is 1.81 bits per heavy atom. The summed E-state index contributed by atoms with van der Waals surface area (Å²) in [5.41, 5.74) is -0.658. The maximum absolute atomic E-state index is 12.3. The van der Waals surface area contributed by atoms with E-state index < -0.39 is 41.3 Å². The summed E-state index contributed by atoms with van der Waals surface area (Å²) < 4.78 is 47.6. The molecule has 0 radical (unpaired) electrons. The van der Waals surface area contributed by atoms with Gasteiger partial charge < -0.3 is 5.32 Å². The van der Waals surface area contributed by atoms with E-state index in [0.29, 0.717) is 32.5 Å². The zero-order chi connectivity index (χ0) is 20.4. The molecule has 1 aromatic carbocycles. The van der Waals surface area contributed by atoms with E-state index in [0.717, 1.165) is 24.6 Å². The lowest BCUT2D eigenvalue weighted by atomic mass is 9.98. The van der Waals surface area contributed by atoms with Crippen molar-refractivity contribution in [2.75, 3.05) is 32.1 Å². The molecule has 12 heteroatoms. The van der Waals surface area contributed by atoms with Crippen LogP contribution in [0.25, 0.3) is 0 Å². The van der Waals surface area contributed by atoms with Gasteiger partial charge in [0.15, 0.2) is 9.84 Å². The minimum atomic E-state index is -3.79. The second-order valence-corrected chi connectivity index (χ2v) is 10.5. The number of nitro groups is 1. The number of piperidine rings is 1. The van der Waals surface area contributed by atoms with Crippen molar-refractivity contribution in [2.45, 2.75) is 17.7 Å². The van der Waals surface area contributed by atoms with Gasteiger partial charge in [0.2, 0.25) is 10.0 Å². The van der Waals surface area contributed by atoms with Gasteiger partial charge in [-0.05, 0) is 30.9 Å². The molecule has 0 unspecified atom stereocenters. The van der Waals surface area contributed by atoms with Gasteiger partial charge in [0, 0.05) is 37.5 Å². The number of sulfonamides is 1. The Morgan fingerprint density at radius 3 is 2.30 bits per heavy atom. The predicted octanol–water partition coefficient (Wildman–Crippen LogP) is 0.400. The Bertz CT molecular complexity index is 950. The molecule has 1 aromatic rings. The Hall–Kier alpha value is -2.05. The Kier molecular flexibility index (Phi) is 6.22. The number of hydrogen-bond acceptors (Lipinski definition) is 7. The molecule has 1 amide bonds. The largest absolute Gasteiger partial charge is 0.352 e. The van der Waals surface area contributed by atoms with Crippen LogP contribution < -0.4 is 5.32 Å². The minimum Gasteiger partial charge on any atom is -0.352 e. The van der Waals surface area contributed by atoms with Crippen molar-refractivity contribution in [1.29, 1.82) is 0 Å². The van der Waals surface area contributed by atoms with Crippen molar-refractivity contribution in [3.8, 4) is 0 Å². The standard InChI is InChI=1S/C15H21N3O7S2/c1-26(22,23)14-4-3-12(9-13(14)18(20)21)15(19)16-10-11-5-7-17(8-6-11)27(2,24)25/h3-4,9,11H,5-8,10H2,1-2H3,(H,16,19). The van der Waals surface area contributed by atoms with Crippen molar-refractivity contribution in [2.24, 2.45) is 5.92 Å². The molecular formula is C15H21N3O7S2. The Labute approximate surface area is 157 Å². The number of carbonyl (C=O) groups is 1.